The third-order valence-corrected chi connectivity index (χ3v) is 2.91. The van der Waals surface area contributed by atoms with Crippen molar-refractivity contribution in [3.63, 3.8) is 0 Å². The summed E-state index contributed by atoms with van der Waals surface area (Å²) in [5.74, 6) is 0. The quantitative estimate of drug-likeness (QED) is 0.716. The van der Waals surface area contributed by atoms with Crippen LogP contribution in [0.3, 0.4) is 0 Å². The summed E-state index contributed by atoms with van der Waals surface area (Å²) in [5.41, 5.74) is 0. The van der Waals surface area contributed by atoms with Crippen molar-refractivity contribution < 1.29 is 9.84 Å². The van der Waals surface area contributed by atoms with Gasteiger partial charge in [0.1, 0.15) is 0 Å². The molecule has 0 spiro atoms. The Hall–Kier alpha value is 0.200. The van der Waals surface area contributed by atoms with Gasteiger partial charge in [-0.15, -0.1) is 0 Å². The predicted octanol–water partition coefficient (Wildman–Crippen LogP) is 1.85. The summed E-state index contributed by atoms with van der Waals surface area (Å²) in [6.45, 7) is 0. The second kappa shape index (κ2) is 2.86. The maximum absolute atomic E-state index is 8.94. The minimum atomic E-state index is -0.857. The van der Waals surface area contributed by atoms with E-state index in [1.165, 1.54) is 6.26 Å². The van der Waals surface area contributed by atoms with Gasteiger partial charge in [-0.05, 0) is 37.9 Å². The van der Waals surface area contributed by atoms with Crippen LogP contribution < -0.4 is 0 Å². The molecule has 4 heteroatoms. The molecule has 0 aliphatic carbocycles. The number of allylic oxidation sites excluding steroid dienone is 2. The fourth-order valence-electron chi connectivity index (χ4n) is 0.431. The van der Waals surface area contributed by atoms with Crippen LogP contribution in [0.2, 0.25) is 0 Å². The van der Waals surface area contributed by atoms with Crippen LogP contribution in [-0.2, 0) is 4.74 Å². The van der Waals surface area contributed by atoms with Gasteiger partial charge in [-0.1, -0.05) is 0 Å². The summed E-state index contributed by atoms with van der Waals surface area (Å²) in [6.07, 6.45) is 2.28. The van der Waals surface area contributed by atoms with E-state index in [0.29, 0.717) is 4.48 Å². The molecule has 1 aliphatic rings. The van der Waals surface area contributed by atoms with Crippen molar-refractivity contribution in [1.29, 1.82) is 0 Å². The Balaban J connectivity index is 2.83. The highest BCUT2D eigenvalue weighted by Gasteiger charge is 2.13. The monoisotopic (exact) mass is 254 g/mol. The minimum Gasteiger partial charge on any atom is -0.468 e. The molecule has 1 N–H and O–H groups in total. The first-order chi connectivity index (χ1) is 4.22. The molecule has 1 atom stereocenters. The summed E-state index contributed by atoms with van der Waals surface area (Å²) in [7, 11) is 0. The third-order valence-electron chi connectivity index (χ3n) is 0.867. The van der Waals surface area contributed by atoms with Gasteiger partial charge in [0.15, 0.2) is 0 Å². The Morgan fingerprint density at radius 2 is 2.22 bits per heavy atom. The van der Waals surface area contributed by atoms with Crippen molar-refractivity contribution in [2.24, 2.45) is 0 Å². The molecule has 0 fully saturated rings. The van der Waals surface area contributed by atoms with Crippen LogP contribution in [0.15, 0.2) is 21.3 Å². The Kier molecular flexibility index (Phi) is 2.32. The summed E-state index contributed by atoms with van der Waals surface area (Å²) in [6, 6.07) is 0. The highest BCUT2D eigenvalue weighted by Crippen LogP contribution is 2.26. The molecule has 0 saturated carbocycles. The Labute approximate surface area is 69.5 Å². The van der Waals surface area contributed by atoms with Crippen molar-refractivity contribution in [3.05, 3.63) is 21.3 Å². The van der Waals surface area contributed by atoms with E-state index in [2.05, 4.69) is 31.9 Å². The van der Waals surface area contributed by atoms with Gasteiger partial charge in [0.2, 0.25) is 6.29 Å². The van der Waals surface area contributed by atoms with E-state index < -0.39 is 6.29 Å². The van der Waals surface area contributed by atoms with Gasteiger partial charge in [0.25, 0.3) is 0 Å². The van der Waals surface area contributed by atoms with E-state index in [4.69, 9.17) is 9.84 Å². The van der Waals surface area contributed by atoms with E-state index in [-0.39, 0.29) is 0 Å². The van der Waals surface area contributed by atoms with E-state index in [1.54, 1.807) is 6.08 Å². The molecule has 1 heterocycles. The zero-order chi connectivity index (χ0) is 6.85. The van der Waals surface area contributed by atoms with Crippen molar-refractivity contribution >= 4 is 31.9 Å². The first-order valence-corrected chi connectivity index (χ1v) is 3.85. The first kappa shape index (κ1) is 7.31. The normalized spacial score (nSPS) is 26.3. The van der Waals surface area contributed by atoms with Crippen LogP contribution in [0.4, 0.5) is 0 Å². The second-order valence-corrected chi connectivity index (χ2v) is 3.20. The topological polar surface area (TPSA) is 29.5 Å². The molecule has 1 unspecified atom stereocenters. The lowest BCUT2D eigenvalue weighted by molar-refractivity contribution is -0.0159. The molecule has 0 radical (unpaired) electrons. The average Bonchev–Trinajstić information content (AvgIpc) is 1.83. The molecule has 1 rings (SSSR count). The lowest BCUT2D eigenvalue weighted by atomic mass is 10.4. The SMILES string of the molecule is OC1OC=CC(Br)=C1Br. The molecule has 0 aromatic carbocycles. The Bertz CT molecular complexity index is 174. The molecular weight excluding hydrogens is 252 g/mol. The van der Waals surface area contributed by atoms with Crippen molar-refractivity contribution in [1.82, 2.24) is 0 Å². The summed E-state index contributed by atoms with van der Waals surface area (Å²) in [4.78, 5) is 0. The van der Waals surface area contributed by atoms with Crippen LogP contribution in [0.25, 0.3) is 0 Å². The van der Waals surface area contributed by atoms with Crippen LogP contribution in [0.1, 0.15) is 0 Å². The van der Waals surface area contributed by atoms with Crippen molar-refractivity contribution in [2.75, 3.05) is 0 Å². The molecule has 0 aromatic heterocycles. The van der Waals surface area contributed by atoms with Gasteiger partial charge in [-0.3, -0.25) is 0 Å². The summed E-state index contributed by atoms with van der Waals surface area (Å²) in [5, 5.41) is 8.94. The van der Waals surface area contributed by atoms with Crippen LogP contribution in [0.5, 0.6) is 0 Å². The van der Waals surface area contributed by atoms with Gasteiger partial charge in [0, 0.05) is 4.48 Å². The third kappa shape index (κ3) is 1.56. The Morgan fingerprint density at radius 1 is 1.56 bits per heavy atom. The molecule has 1 aliphatic heterocycles. The number of aliphatic hydroxyl groups is 1. The number of ether oxygens (including phenoxy) is 1. The molecule has 0 bridgehead atoms. The van der Waals surface area contributed by atoms with Gasteiger partial charge in [-0.2, -0.15) is 0 Å². The van der Waals surface area contributed by atoms with Gasteiger partial charge < -0.3 is 9.84 Å². The van der Waals surface area contributed by atoms with Crippen molar-refractivity contribution in [3.8, 4) is 0 Å². The highest BCUT2D eigenvalue weighted by atomic mass is 79.9. The first-order valence-electron chi connectivity index (χ1n) is 2.27. The molecule has 50 valence electrons. The molecule has 2 nitrogen and oxygen atoms in total. The smallest absolute Gasteiger partial charge is 0.230 e. The van der Waals surface area contributed by atoms with E-state index in [1.807, 2.05) is 0 Å². The van der Waals surface area contributed by atoms with E-state index in [0.717, 1.165) is 4.48 Å². The van der Waals surface area contributed by atoms with Crippen LogP contribution >= 0.6 is 31.9 Å². The van der Waals surface area contributed by atoms with Crippen molar-refractivity contribution in [2.45, 2.75) is 6.29 Å². The van der Waals surface area contributed by atoms with Gasteiger partial charge in [-0.25, -0.2) is 0 Å². The molecule has 0 saturated heterocycles. The summed E-state index contributed by atoms with van der Waals surface area (Å²) >= 11 is 6.33. The highest BCUT2D eigenvalue weighted by molar-refractivity contribution is 9.14. The molecule has 0 amide bonds. The number of aliphatic hydroxyl groups excluding tert-OH is 1. The summed E-state index contributed by atoms with van der Waals surface area (Å²) < 4.78 is 6.12. The largest absolute Gasteiger partial charge is 0.468 e. The van der Waals surface area contributed by atoms with E-state index >= 15 is 0 Å². The Morgan fingerprint density at radius 3 is 2.67 bits per heavy atom. The second-order valence-electron chi connectivity index (χ2n) is 1.49. The number of halogens is 2. The fraction of sp³-hybridized carbons (Fsp3) is 0.200. The molecular formula is C5H4Br2O2. The van der Waals surface area contributed by atoms with Gasteiger partial charge >= 0.3 is 0 Å². The minimum absolute atomic E-state index is 0.616. The van der Waals surface area contributed by atoms with Crippen LogP contribution in [0, 0.1) is 0 Å². The zero-order valence-corrected chi connectivity index (χ0v) is 7.52. The maximum atomic E-state index is 8.94. The number of hydrogen-bond acceptors (Lipinski definition) is 2. The fourth-order valence-corrected chi connectivity index (χ4v) is 0.975. The number of rotatable bonds is 0. The van der Waals surface area contributed by atoms with Gasteiger partial charge in [0.05, 0.1) is 10.7 Å². The standard InChI is InChI=1S/C5H4Br2O2/c6-3-1-2-9-5(8)4(3)7/h1-2,5,8H. The number of hydrogen-bond donors (Lipinski definition) is 1. The predicted molar refractivity (Wildman–Crippen MR) is 41.1 cm³/mol. The zero-order valence-electron chi connectivity index (χ0n) is 4.34. The lowest BCUT2D eigenvalue weighted by Gasteiger charge is -2.13. The average molecular weight is 256 g/mol. The molecule has 9 heavy (non-hydrogen) atoms. The maximum Gasteiger partial charge on any atom is 0.230 e. The van der Waals surface area contributed by atoms with Crippen LogP contribution in [-0.4, -0.2) is 11.4 Å². The molecule has 0 aromatic rings. The van der Waals surface area contributed by atoms with E-state index in [9.17, 15) is 0 Å². The lowest BCUT2D eigenvalue weighted by Crippen LogP contribution is -2.11.